The van der Waals surface area contributed by atoms with Gasteiger partial charge in [0.05, 0.1) is 32.1 Å². The number of esters is 1. The molecule has 0 radical (unpaired) electrons. The number of hydrogen-bond acceptors (Lipinski definition) is 11. The number of carbonyl (C=O) groups is 4. The number of carboxylic acid groups (broad SMARTS) is 1. The molecule has 1 atom stereocenters. The summed E-state index contributed by atoms with van der Waals surface area (Å²) < 4.78 is 17.6. The fraction of sp³-hybridized carbons (Fsp3) is 0.244. The van der Waals surface area contributed by atoms with E-state index >= 15 is 0 Å². The van der Waals surface area contributed by atoms with Crippen LogP contribution in [0.15, 0.2) is 97.1 Å². The molecule has 0 aromatic heterocycles. The predicted octanol–water partition coefficient (Wildman–Crippen LogP) is 7.64. The lowest BCUT2D eigenvalue weighted by atomic mass is 9.76. The van der Waals surface area contributed by atoms with E-state index in [4.69, 9.17) is 14.2 Å². The Hall–Kier alpha value is -7.40. The number of aromatic carboxylic acids is 1. The van der Waals surface area contributed by atoms with Gasteiger partial charge in [-0.3, -0.25) is 30.0 Å². The number of hydrogen-bond donors (Lipinski definition) is 1. The van der Waals surface area contributed by atoms with Gasteiger partial charge < -0.3 is 19.3 Å². The van der Waals surface area contributed by atoms with Crippen molar-refractivity contribution in [3.8, 4) is 0 Å². The maximum atomic E-state index is 13.9. The summed E-state index contributed by atoms with van der Waals surface area (Å²) >= 11 is 0. The molecule has 5 aromatic rings. The van der Waals surface area contributed by atoms with Crippen LogP contribution in [0.4, 0.5) is 32.3 Å². The number of anilines is 2. The molecule has 1 N–H and O–H groups in total. The second kappa shape index (κ2) is 15.6. The van der Waals surface area contributed by atoms with Crippen LogP contribution < -0.4 is 20.2 Å². The maximum Gasteiger partial charge on any atom is 0.414 e. The number of nitro groups is 2. The zero-order chi connectivity index (χ0) is 45.1. The first-order valence-corrected chi connectivity index (χ1v) is 22.4. The lowest BCUT2D eigenvalue weighted by Crippen LogP contribution is -2.63. The number of amides is 2. The molecule has 2 heterocycles. The molecule has 7 rings (SSSR count). The van der Waals surface area contributed by atoms with Crippen LogP contribution >= 0.6 is 0 Å². The van der Waals surface area contributed by atoms with Gasteiger partial charge in [0.2, 0.25) is 0 Å². The number of nitro benzene ring substituents is 2. The van der Waals surface area contributed by atoms with Gasteiger partial charge in [-0.15, -0.1) is 0 Å². The molecule has 0 fully saturated rings. The van der Waals surface area contributed by atoms with Crippen LogP contribution in [0.3, 0.4) is 0 Å². The number of ether oxygens (including phenoxy) is 3. The molecule has 1 spiro atoms. The number of carboxylic acids is 1. The summed E-state index contributed by atoms with van der Waals surface area (Å²) in [7, 11) is 0.0960. The van der Waals surface area contributed by atoms with Crippen molar-refractivity contribution < 1.29 is 48.3 Å². The fourth-order valence-electron chi connectivity index (χ4n) is 8.06. The first-order valence-electron chi connectivity index (χ1n) is 19.4. The van der Waals surface area contributed by atoms with Crippen molar-refractivity contribution in [2.45, 2.75) is 58.1 Å². The molecule has 17 heteroatoms. The van der Waals surface area contributed by atoms with Gasteiger partial charge in [-0.25, -0.2) is 19.2 Å². The molecular formula is C45H42N4O12Si. The number of nitrogens with zero attached hydrogens (tertiary/aromatic N) is 4. The van der Waals surface area contributed by atoms with E-state index in [0.717, 1.165) is 34.1 Å². The minimum atomic E-state index is -2.90. The first-order chi connectivity index (χ1) is 29.2. The highest BCUT2D eigenvalue weighted by Gasteiger charge is 2.56. The highest BCUT2D eigenvalue weighted by Crippen LogP contribution is 2.50. The molecule has 0 saturated heterocycles. The Bertz CT molecular complexity index is 2750. The van der Waals surface area contributed by atoms with Gasteiger partial charge in [0.1, 0.15) is 21.3 Å². The highest BCUT2D eigenvalue weighted by molar-refractivity contribution is 7.01. The Labute approximate surface area is 356 Å². The summed E-state index contributed by atoms with van der Waals surface area (Å²) in [5.74, 6) is -1.82. The summed E-state index contributed by atoms with van der Waals surface area (Å²) in [5.41, 5.74) is 1.82. The zero-order valence-electron chi connectivity index (χ0n) is 34.9. The average Bonchev–Trinajstić information content (AvgIpc) is 3.54. The van der Waals surface area contributed by atoms with E-state index in [1.807, 2.05) is 36.4 Å². The molecule has 2 amide bonds. The Balaban J connectivity index is 1.30. The van der Waals surface area contributed by atoms with Gasteiger partial charge in [-0.1, -0.05) is 64.2 Å². The molecule has 2 aliphatic heterocycles. The summed E-state index contributed by atoms with van der Waals surface area (Å²) in [6, 6.07) is 25.7. The molecule has 2 aliphatic rings. The van der Waals surface area contributed by atoms with Crippen molar-refractivity contribution in [1.82, 2.24) is 0 Å². The van der Waals surface area contributed by atoms with Crippen molar-refractivity contribution in [2.24, 2.45) is 0 Å². The standard InChI is InChI=1S/C45H42N4O12Si/c1-44(2,3)29-13-16-32-35(21-29)45(61-41(32)52)33-17-14-30(46(4)42(53)59-24-27-10-8-9-11-36(27)48(55)56)22-38(33)62(6,7)39-23-31(15-18-34(39)45)47(5)43(54)60-25-28-20-26(40(50)51)12-19-37(28)49(57)58/h8-23H,24-25H2,1-7H3,(H,50,51). The summed E-state index contributed by atoms with van der Waals surface area (Å²) in [6.45, 7) is 9.47. The molecule has 0 aliphatic carbocycles. The largest absolute Gasteiger partial charge is 0.478 e. The van der Waals surface area contributed by atoms with Crippen molar-refractivity contribution in [3.63, 3.8) is 0 Å². The SMILES string of the molecule is CN(C(=O)OCc1ccccc1[N+](=O)[O-])c1ccc2c(c1)[Si](C)(C)c1cc(N(C)C(=O)OCc3cc(C(=O)O)ccc3[N+](=O)[O-])ccc1C21OC(=O)c2ccc(C(C)(C)C)cc21. The van der Waals surface area contributed by atoms with Crippen LogP contribution in [0.2, 0.25) is 13.1 Å². The first kappa shape index (κ1) is 42.7. The topological polar surface area (TPSA) is 209 Å². The number of para-hydroxylation sites is 1. The normalized spacial score (nSPS) is 15.7. The number of fused-ring (bicyclic) bond motifs is 6. The lowest BCUT2D eigenvalue weighted by Gasteiger charge is -2.44. The molecular weight excluding hydrogens is 817 g/mol. The minimum absolute atomic E-state index is 0.100. The van der Waals surface area contributed by atoms with Crippen LogP contribution in [0.25, 0.3) is 0 Å². The van der Waals surface area contributed by atoms with Gasteiger partial charge in [0.25, 0.3) is 11.4 Å². The lowest BCUT2D eigenvalue weighted by molar-refractivity contribution is -0.386. The van der Waals surface area contributed by atoms with Gasteiger partial charge in [0, 0.05) is 54.3 Å². The second-order valence-electron chi connectivity index (χ2n) is 16.7. The smallest absolute Gasteiger partial charge is 0.414 e. The highest BCUT2D eigenvalue weighted by atomic mass is 28.3. The molecule has 0 saturated carbocycles. The summed E-state index contributed by atoms with van der Waals surface area (Å²) in [4.78, 5) is 77.2. The fourth-order valence-corrected chi connectivity index (χ4v) is 11.2. The van der Waals surface area contributed by atoms with Gasteiger partial charge in [-0.2, -0.15) is 0 Å². The summed E-state index contributed by atoms with van der Waals surface area (Å²) in [6.07, 6.45) is -1.63. The van der Waals surface area contributed by atoms with E-state index in [1.54, 1.807) is 24.3 Å². The third-order valence-electron chi connectivity index (χ3n) is 11.6. The van der Waals surface area contributed by atoms with Crippen molar-refractivity contribution in [3.05, 3.63) is 162 Å². The van der Waals surface area contributed by atoms with Gasteiger partial charge in [0.15, 0.2) is 5.60 Å². The zero-order valence-corrected chi connectivity index (χ0v) is 35.9. The van der Waals surface area contributed by atoms with Crippen molar-refractivity contribution in [2.75, 3.05) is 23.9 Å². The quantitative estimate of drug-likeness (QED) is 0.0499. The third-order valence-corrected chi connectivity index (χ3v) is 15.1. The van der Waals surface area contributed by atoms with Gasteiger partial charge >= 0.3 is 24.1 Å². The van der Waals surface area contributed by atoms with E-state index in [2.05, 4.69) is 33.9 Å². The second-order valence-corrected chi connectivity index (χ2v) is 21.0. The molecule has 16 nitrogen and oxygen atoms in total. The van der Waals surface area contributed by atoms with Gasteiger partial charge in [-0.05, 0) is 75.9 Å². The summed E-state index contributed by atoms with van der Waals surface area (Å²) in [5, 5.41) is 34.3. The van der Waals surface area contributed by atoms with E-state index in [1.165, 1.54) is 42.1 Å². The number of rotatable bonds is 9. The van der Waals surface area contributed by atoms with Crippen molar-refractivity contribution >= 4 is 65.3 Å². The minimum Gasteiger partial charge on any atom is -0.478 e. The maximum absolute atomic E-state index is 13.9. The van der Waals surface area contributed by atoms with Crippen LogP contribution in [0.5, 0.6) is 0 Å². The Morgan fingerprint density at radius 3 is 1.79 bits per heavy atom. The molecule has 318 valence electrons. The Kier molecular flexibility index (Phi) is 10.7. The van der Waals surface area contributed by atoms with Crippen LogP contribution in [0.1, 0.15) is 74.9 Å². The van der Waals surface area contributed by atoms with Crippen molar-refractivity contribution in [1.29, 1.82) is 0 Å². The van der Waals surface area contributed by atoms with E-state index in [-0.39, 0.29) is 34.4 Å². The number of benzene rings is 5. The third kappa shape index (κ3) is 7.29. The van der Waals surface area contributed by atoms with Crippen LogP contribution in [-0.4, -0.2) is 61.2 Å². The van der Waals surface area contributed by atoms with E-state index in [9.17, 15) is 44.5 Å². The monoisotopic (exact) mass is 858 g/mol. The molecule has 5 aromatic carbocycles. The van der Waals surface area contributed by atoms with Crippen LogP contribution in [0, 0.1) is 20.2 Å². The van der Waals surface area contributed by atoms with Crippen LogP contribution in [-0.2, 0) is 38.4 Å². The number of carbonyl (C=O) groups excluding carboxylic acids is 3. The Morgan fingerprint density at radius 1 is 0.726 bits per heavy atom. The predicted molar refractivity (Wildman–Crippen MR) is 230 cm³/mol. The van der Waals surface area contributed by atoms with E-state index in [0.29, 0.717) is 33.6 Å². The molecule has 0 bridgehead atoms. The Morgan fingerprint density at radius 2 is 1.26 bits per heavy atom. The average molecular weight is 859 g/mol. The molecule has 62 heavy (non-hydrogen) atoms. The van der Waals surface area contributed by atoms with E-state index < -0.39 is 59.9 Å². The molecule has 1 unspecified atom stereocenters.